The van der Waals surface area contributed by atoms with Crippen LogP contribution in [0.4, 0.5) is 65.9 Å². The maximum Gasteiger partial charge on any atom is 0.456 e. The van der Waals surface area contributed by atoms with Crippen molar-refractivity contribution in [3.05, 3.63) is 0 Å². The van der Waals surface area contributed by atoms with Crippen molar-refractivity contribution in [1.29, 1.82) is 0 Å². The SMILES string of the molecule is CC(C(=O)NCC(=O)N1CCN(S(=O)(=O)C(F)(F)C(F)(F)C(F)(F)C(F)C(F)(F)C(F)C(F)(F)C(F)(F)F)CC1)N1CCN(CC(=O)O)CCN(CC(=O)O)CCN(CC(=O)O)CC1. The fourth-order valence-corrected chi connectivity index (χ4v) is 7.62. The van der Waals surface area contributed by atoms with Crippen LogP contribution >= 0.6 is 0 Å². The first-order valence-electron chi connectivity index (χ1n) is 18.3. The Morgan fingerprint density at radius 3 is 1.30 bits per heavy atom. The first kappa shape index (κ1) is 56.2. The number of halogens is 15. The summed E-state index contributed by atoms with van der Waals surface area (Å²) < 4.78 is 230. The van der Waals surface area contributed by atoms with E-state index in [1.165, 1.54) is 26.5 Å². The number of nitrogens with zero attached hydrogens (tertiary/aromatic N) is 6. The molecule has 0 aliphatic carbocycles. The number of rotatable bonds is 18. The second kappa shape index (κ2) is 21.1. The lowest BCUT2D eigenvalue weighted by atomic mass is 9.95. The summed E-state index contributed by atoms with van der Waals surface area (Å²) in [6.07, 6.45) is -20.4. The standard InChI is InChI=1S/C31H42F15N7O10S/c1-18(51-8-6-49(16-21(57)58)4-2-48(15-20(55)56)3-5-50(7-9-51)17-22(59)60)23(61)47-14-19(54)52-10-12-53(13-11-52)64(62,63)31(45,46)29(40,41)27(36,37)24(32)26(34,35)25(33)28(38,39)30(42,43)44/h18,24-25H,2-17H2,1H3,(H,47,61)(H,55,56)(H,57,58)(H,59,60). The zero-order valence-electron chi connectivity index (χ0n) is 33.0. The maximum atomic E-state index is 14.8. The Morgan fingerprint density at radius 1 is 0.578 bits per heavy atom. The fourth-order valence-electron chi connectivity index (χ4n) is 6.19. The van der Waals surface area contributed by atoms with E-state index >= 15 is 0 Å². The Hall–Kier alpha value is -3.95. The number of piperazine rings is 1. The number of carbonyl (C=O) groups is 5. The first-order valence-corrected chi connectivity index (χ1v) is 19.8. The molecule has 0 saturated carbocycles. The molecule has 0 aromatic carbocycles. The minimum absolute atomic E-state index is 0.0263. The third-order valence-electron chi connectivity index (χ3n) is 10.0. The van der Waals surface area contributed by atoms with Crippen LogP contribution in [0, 0.1) is 0 Å². The molecule has 33 heteroatoms. The second-order valence-corrected chi connectivity index (χ2v) is 16.4. The normalized spacial score (nSPS) is 20.4. The van der Waals surface area contributed by atoms with Crippen LogP contribution < -0.4 is 5.32 Å². The minimum atomic E-state index is -7.90. The molecule has 4 N–H and O–H groups in total. The second-order valence-electron chi connectivity index (χ2n) is 14.5. The molecule has 2 aliphatic rings. The van der Waals surface area contributed by atoms with Gasteiger partial charge in [-0.05, 0) is 6.92 Å². The van der Waals surface area contributed by atoms with Crippen LogP contribution in [-0.2, 0) is 34.0 Å². The van der Waals surface area contributed by atoms with Crippen LogP contribution in [0.5, 0.6) is 0 Å². The van der Waals surface area contributed by atoms with Gasteiger partial charge in [0.05, 0.1) is 32.2 Å². The zero-order valence-corrected chi connectivity index (χ0v) is 33.8. The van der Waals surface area contributed by atoms with Gasteiger partial charge in [-0.1, -0.05) is 0 Å². The highest BCUT2D eigenvalue weighted by molar-refractivity contribution is 7.90. The topological polar surface area (TPSA) is 212 Å². The maximum absolute atomic E-state index is 14.8. The lowest BCUT2D eigenvalue weighted by Crippen LogP contribution is -2.69. The average molecular weight is 990 g/mol. The average Bonchev–Trinajstić information content (AvgIpc) is 3.17. The highest BCUT2D eigenvalue weighted by Crippen LogP contribution is 2.56. The van der Waals surface area contributed by atoms with E-state index < -0.39 is 150 Å². The van der Waals surface area contributed by atoms with Crippen molar-refractivity contribution in [3.8, 4) is 0 Å². The Balaban J connectivity index is 2.17. The van der Waals surface area contributed by atoms with Crippen molar-refractivity contribution in [2.24, 2.45) is 0 Å². The van der Waals surface area contributed by atoms with Gasteiger partial charge >= 0.3 is 53.0 Å². The summed E-state index contributed by atoms with van der Waals surface area (Å²) in [5.74, 6) is -36.4. The van der Waals surface area contributed by atoms with Crippen LogP contribution in [0.25, 0.3) is 0 Å². The molecule has 3 unspecified atom stereocenters. The summed E-state index contributed by atoms with van der Waals surface area (Å²) in [6.45, 7) is -6.07. The third kappa shape index (κ3) is 12.9. The molecule has 0 radical (unpaired) electrons. The summed E-state index contributed by atoms with van der Waals surface area (Å²) in [5, 5.41) is 22.9. The Morgan fingerprint density at radius 2 is 0.938 bits per heavy atom. The number of hydrogen-bond acceptors (Lipinski definition) is 11. The van der Waals surface area contributed by atoms with Gasteiger partial charge in [-0.25, -0.2) is 17.2 Å². The molecular formula is C31H42F15N7O10S. The summed E-state index contributed by atoms with van der Waals surface area (Å²) in [5.41, 5.74) is 0. The molecular weight excluding hydrogens is 947 g/mol. The van der Waals surface area contributed by atoms with E-state index in [2.05, 4.69) is 5.32 Å². The largest absolute Gasteiger partial charge is 0.480 e. The van der Waals surface area contributed by atoms with Gasteiger partial charge < -0.3 is 25.5 Å². The van der Waals surface area contributed by atoms with Crippen molar-refractivity contribution in [2.45, 2.75) is 60.4 Å². The van der Waals surface area contributed by atoms with E-state index in [9.17, 15) is 114 Å². The number of aliphatic carboxylic acids is 3. The molecule has 2 saturated heterocycles. The molecule has 64 heavy (non-hydrogen) atoms. The number of amides is 2. The zero-order chi connectivity index (χ0) is 49.6. The fraction of sp³-hybridized carbons (Fsp3) is 0.839. The molecule has 2 aliphatic heterocycles. The van der Waals surface area contributed by atoms with Crippen molar-refractivity contribution >= 4 is 39.7 Å². The number of carbonyl (C=O) groups excluding carboxylic acids is 2. The molecule has 17 nitrogen and oxygen atoms in total. The highest BCUT2D eigenvalue weighted by atomic mass is 32.2. The van der Waals surface area contributed by atoms with Crippen molar-refractivity contribution in [3.63, 3.8) is 0 Å². The van der Waals surface area contributed by atoms with Gasteiger partial charge in [-0.3, -0.25) is 43.6 Å². The molecule has 0 aromatic rings. The highest BCUT2D eigenvalue weighted by Gasteiger charge is 2.85. The van der Waals surface area contributed by atoms with Crippen molar-refractivity contribution in [1.82, 2.24) is 34.1 Å². The molecule has 2 heterocycles. The van der Waals surface area contributed by atoms with Crippen molar-refractivity contribution in [2.75, 3.05) is 105 Å². The summed E-state index contributed by atoms with van der Waals surface area (Å²) >= 11 is 0. The van der Waals surface area contributed by atoms with Gasteiger partial charge in [0, 0.05) is 78.5 Å². The Labute approximate surface area is 352 Å². The van der Waals surface area contributed by atoms with Crippen molar-refractivity contribution < 1.29 is 114 Å². The predicted octanol–water partition coefficient (Wildman–Crippen LogP) is 0.813. The van der Waals surface area contributed by atoms with E-state index in [1.807, 2.05) is 0 Å². The number of carboxylic acid groups (broad SMARTS) is 3. The van der Waals surface area contributed by atoms with Crippen LogP contribution in [0.15, 0.2) is 0 Å². The summed E-state index contributed by atoms with van der Waals surface area (Å²) in [6, 6.07) is -1.16. The summed E-state index contributed by atoms with van der Waals surface area (Å²) in [7, 11) is -7.27. The van der Waals surface area contributed by atoms with E-state index in [1.54, 1.807) is 0 Å². The van der Waals surface area contributed by atoms with Gasteiger partial charge in [0.15, 0.2) is 0 Å². The quantitative estimate of drug-likeness (QED) is 0.140. The van der Waals surface area contributed by atoms with E-state index in [-0.39, 0.29) is 52.4 Å². The van der Waals surface area contributed by atoms with E-state index in [0.29, 0.717) is 4.90 Å². The monoisotopic (exact) mass is 989 g/mol. The lowest BCUT2D eigenvalue weighted by molar-refractivity contribution is -0.360. The van der Waals surface area contributed by atoms with E-state index in [4.69, 9.17) is 0 Å². The number of sulfonamides is 1. The molecule has 3 atom stereocenters. The number of nitrogens with one attached hydrogen (secondary N) is 1. The number of carboxylic acids is 3. The van der Waals surface area contributed by atoms with Gasteiger partial charge in [-0.2, -0.15) is 61.4 Å². The van der Waals surface area contributed by atoms with Gasteiger partial charge in [0.25, 0.3) is 10.0 Å². The third-order valence-corrected chi connectivity index (χ3v) is 12.0. The smallest absolute Gasteiger partial charge is 0.456 e. The predicted molar refractivity (Wildman–Crippen MR) is 184 cm³/mol. The van der Waals surface area contributed by atoms with Gasteiger partial charge in [0.1, 0.15) is 0 Å². The molecule has 0 spiro atoms. The van der Waals surface area contributed by atoms with Gasteiger partial charge in [0.2, 0.25) is 24.2 Å². The molecule has 0 aromatic heterocycles. The Kier molecular flexibility index (Phi) is 18.5. The molecule has 0 bridgehead atoms. The summed E-state index contributed by atoms with van der Waals surface area (Å²) in [4.78, 5) is 66.9. The molecule has 2 fully saturated rings. The lowest BCUT2D eigenvalue weighted by Gasteiger charge is -2.40. The van der Waals surface area contributed by atoms with E-state index in [0.717, 1.165) is 0 Å². The van der Waals surface area contributed by atoms with Crippen LogP contribution in [0.1, 0.15) is 6.92 Å². The Bertz CT molecular complexity index is 1740. The number of alkyl halides is 15. The molecule has 372 valence electrons. The van der Waals surface area contributed by atoms with Gasteiger partial charge in [-0.15, -0.1) is 0 Å². The van der Waals surface area contributed by atoms with Crippen LogP contribution in [-0.4, -0.2) is 240 Å². The van der Waals surface area contributed by atoms with Crippen LogP contribution in [0.2, 0.25) is 0 Å². The minimum Gasteiger partial charge on any atom is -0.480 e. The number of hydrogen-bond donors (Lipinski definition) is 4. The first-order chi connectivity index (χ1) is 29.0. The van der Waals surface area contributed by atoms with Crippen LogP contribution in [0.3, 0.4) is 0 Å². The molecule has 2 rings (SSSR count). The molecule has 2 amide bonds.